The maximum absolute atomic E-state index is 13.4. The van der Waals surface area contributed by atoms with Gasteiger partial charge in [0.2, 0.25) is 10.0 Å². The van der Waals surface area contributed by atoms with Crippen molar-refractivity contribution >= 4 is 21.7 Å². The van der Waals surface area contributed by atoms with E-state index in [4.69, 9.17) is 5.14 Å². The predicted octanol–water partition coefficient (Wildman–Crippen LogP) is 1.74. The lowest BCUT2D eigenvalue weighted by Gasteiger charge is -2.30. The predicted molar refractivity (Wildman–Crippen MR) is 76.8 cm³/mol. The Morgan fingerprint density at radius 2 is 1.95 bits per heavy atom. The van der Waals surface area contributed by atoms with Gasteiger partial charge in [-0.25, -0.2) is 22.7 Å². The van der Waals surface area contributed by atoms with Gasteiger partial charge in [0.1, 0.15) is 5.82 Å². The van der Waals surface area contributed by atoms with Crippen molar-refractivity contribution < 1.29 is 17.6 Å². The first-order valence-corrected chi connectivity index (χ1v) is 8.19. The van der Waals surface area contributed by atoms with Crippen molar-refractivity contribution in [2.24, 2.45) is 11.1 Å². The molecule has 6 nitrogen and oxygen atoms in total. The van der Waals surface area contributed by atoms with Crippen LogP contribution in [0.3, 0.4) is 0 Å². The van der Waals surface area contributed by atoms with E-state index >= 15 is 0 Å². The van der Waals surface area contributed by atoms with Gasteiger partial charge in [-0.2, -0.15) is 0 Å². The molecule has 0 atom stereocenters. The molecule has 0 aliphatic carbocycles. The van der Waals surface area contributed by atoms with Crippen LogP contribution in [0, 0.1) is 11.7 Å². The Morgan fingerprint density at radius 3 is 2.52 bits per heavy atom. The zero-order valence-electron chi connectivity index (χ0n) is 11.7. The third kappa shape index (κ3) is 4.15. The van der Waals surface area contributed by atoms with E-state index in [1.54, 1.807) is 4.90 Å². The lowest BCUT2D eigenvalue weighted by molar-refractivity contribution is 0.186. The second-order valence-corrected chi connectivity index (χ2v) is 6.88. The fourth-order valence-corrected chi connectivity index (χ4v) is 2.78. The molecule has 0 unspecified atom stereocenters. The molecule has 116 valence electrons. The summed E-state index contributed by atoms with van der Waals surface area (Å²) >= 11 is 0. The summed E-state index contributed by atoms with van der Waals surface area (Å²) in [5.74, 6) is -0.193. The van der Waals surface area contributed by atoms with Crippen LogP contribution in [0.25, 0.3) is 0 Å². The topological polar surface area (TPSA) is 92.5 Å². The smallest absolute Gasteiger partial charge is 0.321 e. The summed E-state index contributed by atoms with van der Waals surface area (Å²) in [6.45, 7) is 3.38. The first kappa shape index (κ1) is 15.7. The van der Waals surface area contributed by atoms with Gasteiger partial charge in [-0.05, 0) is 37.0 Å². The second-order valence-electron chi connectivity index (χ2n) is 5.32. The normalized spacial score (nSPS) is 16.8. The lowest BCUT2D eigenvalue weighted by atomic mass is 10.00. The largest absolute Gasteiger partial charge is 0.325 e. The number of carbonyl (C=O) groups excluding carboxylic acids is 1. The molecule has 1 saturated heterocycles. The monoisotopic (exact) mass is 315 g/mol. The quantitative estimate of drug-likeness (QED) is 0.870. The highest BCUT2D eigenvalue weighted by Gasteiger charge is 2.21. The maximum atomic E-state index is 13.4. The Balaban J connectivity index is 2.12. The highest BCUT2D eigenvalue weighted by Crippen LogP contribution is 2.20. The molecule has 3 N–H and O–H groups in total. The van der Waals surface area contributed by atoms with Crippen molar-refractivity contribution in [3.05, 3.63) is 24.0 Å². The van der Waals surface area contributed by atoms with Crippen molar-refractivity contribution in [3.63, 3.8) is 0 Å². The third-order valence-electron chi connectivity index (χ3n) is 3.52. The zero-order valence-corrected chi connectivity index (χ0v) is 12.5. The first-order valence-electron chi connectivity index (χ1n) is 6.65. The van der Waals surface area contributed by atoms with Crippen LogP contribution in [0.4, 0.5) is 14.9 Å². The van der Waals surface area contributed by atoms with E-state index in [0.717, 1.165) is 31.0 Å². The van der Waals surface area contributed by atoms with Gasteiger partial charge in [0.05, 0.1) is 4.90 Å². The van der Waals surface area contributed by atoms with Crippen LogP contribution in [-0.4, -0.2) is 32.4 Å². The number of amides is 2. The number of benzene rings is 1. The minimum Gasteiger partial charge on any atom is -0.325 e. The number of halogens is 1. The summed E-state index contributed by atoms with van der Waals surface area (Å²) in [4.78, 5) is 13.3. The Kier molecular flexibility index (Phi) is 4.48. The van der Waals surface area contributed by atoms with Crippen molar-refractivity contribution in [2.45, 2.75) is 24.7 Å². The summed E-state index contributed by atoms with van der Waals surface area (Å²) in [5, 5.41) is 7.47. The minimum atomic E-state index is -4.02. The highest BCUT2D eigenvalue weighted by atomic mass is 32.2. The van der Waals surface area contributed by atoms with E-state index in [2.05, 4.69) is 12.2 Å². The van der Waals surface area contributed by atoms with E-state index in [1.807, 2.05) is 0 Å². The standard InChI is InChI=1S/C13H18FN3O3S/c1-9-2-4-17(5-3-9)13(18)16-11-6-10(14)7-12(8-11)21(15,19)20/h6-9H,2-5H2,1H3,(H,16,18)(H2,15,19,20). The maximum Gasteiger partial charge on any atom is 0.321 e. The van der Waals surface area contributed by atoms with Gasteiger partial charge in [-0.1, -0.05) is 6.92 Å². The first-order chi connectivity index (χ1) is 9.75. The second kappa shape index (κ2) is 5.98. The summed E-state index contributed by atoms with van der Waals surface area (Å²) in [7, 11) is -4.02. The number of carbonyl (C=O) groups is 1. The van der Waals surface area contributed by atoms with Crippen LogP contribution >= 0.6 is 0 Å². The number of primary sulfonamides is 1. The van der Waals surface area contributed by atoms with E-state index < -0.39 is 15.8 Å². The Morgan fingerprint density at radius 1 is 1.33 bits per heavy atom. The van der Waals surface area contributed by atoms with Crippen LogP contribution in [0.15, 0.2) is 23.1 Å². The van der Waals surface area contributed by atoms with Crippen LogP contribution in [0.1, 0.15) is 19.8 Å². The SMILES string of the molecule is CC1CCN(C(=O)Nc2cc(F)cc(S(N)(=O)=O)c2)CC1. The summed E-state index contributed by atoms with van der Waals surface area (Å²) in [6, 6.07) is 2.64. The Hall–Kier alpha value is -1.67. The van der Waals surface area contributed by atoms with E-state index in [1.165, 1.54) is 0 Å². The van der Waals surface area contributed by atoms with Gasteiger partial charge < -0.3 is 10.2 Å². The fourth-order valence-electron chi connectivity index (χ4n) is 2.21. The number of nitrogens with two attached hydrogens (primary N) is 1. The molecule has 0 bridgehead atoms. The molecule has 21 heavy (non-hydrogen) atoms. The van der Waals surface area contributed by atoms with Gasteiger partial charge in [-0.15, -0.1) is 0 Å². The summed E-state index contributed by atoms with van der Waals surface area (Å²) < 4.78 is 35.9. The van der Waals surface area contributed by atoms with Crippen molar-refractivity contribution in [3.8, 4) is 0 Å². The number of rotatable bonds is 2. The van der Waals surface area contributed by atoms with Crippen molar-refractivity contribution in [1.82, 2.24) is 4.90 Å². The van der Waals surface area contributed by atoms with E-state index in [-0.39, 0.29) is 16.6 Å². The van der Waals surface area contributed by atoms with Gasteiger partial charge in [0.25, 0.3) is 0 Å². The lowest BCUT2D eigenvalue weighted by Crippen LogP contribution is -2.40. The molecule has 1 heterocycles. The number of likely N-dealkylation sites (tertiary alicyclic amines) is 1. The zero-order chi connectivity index (χ0) is 15.6. The molecule has 0 radical (unpaired) electrons. The van der Waals surface area contributed by atoms with Gasteiger partial charge >= 0.3 is 6.03 Å². The van der Waals surface area contributed by atoms with E-state index in [0.29, 0.717) is 19.0 Å². The molecule has 1 aromatic carbocycles. The number of piperidine rings is 1. The number of anilines is 1. The molecule has 1 aliphatic rings. The Labute approximate surface area is 123 Å². The highest BCUT2D eigenvalue weighted by molar-refractivity contribution is 7.89. The van der Waals surface area contributed by atoms with Crippen LogP contribution in [0.2, 0.25) is 0 Å². The number of nitrogens with one attached hydrogen (secondary N) is 1. The molecule has 0 spiro atoms. The van der Waals surface area contributed by atoms with Crippen molar-refractivity contribution in [2.75, 3.05) is 18.4 Å². The average Bonchev–Trinajstić information content (AvgIpc) is 2.37. The molecular weight excluding hydrogens is 297 g/mol. The molecule has 1 fully saturated rings. The van der Waals surface area contributed by atoms with Gasteiger partial charge in [0, 0.05) is 18.8 Å². The molecule has 1 aromatic rings. The molecule has 2 amide bonds. The number of nitrogens with zero attached hydrogens (tertiary/aromatic N) is 1. The van der Waals surface area contributed by atoms with Crippen LogP contribution < -0.4 is 10.5 Å². The number of urea groups is 1. The molecule has 0 saturated carbocycles. The average molecular weight is 315 g/mol. The minimum absolute atomic E-state index is 0.0719. The molecule has 0 aromatic heterocycles. The van der Waals surface area contributed by atoms with Crippen molar-refractivity contribution in [1.29, 1.82) is 0 Å². The number of hydrogen-bond donors (Lipinski definition) is 2. The van der Waals surface area contributed by atoms with Gasteiger partial charge in [0.15, 0.2) is 0 Å². The van der Waals surface area contributed by atoms with Crippen LogP contribution in [-0.2, 0) is 10.0 Å². The van der Waals surface area contributed by atoms with Gasteiger partial charge in [-0.3, -0.25) is 0 Å². The third-order valence-corrected chi connectivity index (χ3v) is 4.41. The molecular formula is C13H18FN3O3S. The number of hydrogen-bond acceptors (Lipinski definition) is 3. The van der Waals surface area contributed by atoms with Crippen LogP contribution in [0.5, 0.6) is 0 Å². The van der Waals surface area contributed by atoms with E-state index in [9.17, 15) is 17.6 Å². The molecule has 2 rings (SSSR count). The fraction of sp³-hybridized carbons (Fsp3) is 0.462. The summed E-state index contributed by atoms with van der Waals surface area (Å²) in [5.41, 5.74) is 0.0719. The molecule has 1 aliphatic heterocycles. The Bertz CT molecular complexity index is 640. The number of sulfonamides is 1. The molecule has 8 heteroatoms. The summed E-state index contributed by atoms with van der Waals surface area (Å²) in [6.07, 6.45) is 1.83.